The van der Waals surface area contributed by atoms with E-state index < -0.39 is 8.07 Å². The third-order valence-corrected chi connectivity index (χ3v) is 6.91. The molecule has 0 N–H and O–H groups in total. The van der Waals surface area contributed by atoms with Gasteiger partial charge in [0.05, 0.1) is 10.6 Å². The van der Waals surface area contributed by atoms with Crippen molar-refractivity contribution in [2.45, 2.75) is 52.4 Å². The second-order valence-corrected chi connectivity index (χ2v) is 14.5. The van der Waals surface area contributed by atoms with Gasteiger partial charge in [-0.1, -0.05) is 26.6 Å². The number of aromatic nitrogens is 4. The van der Waals surface area contributed by atoms with Gasteiger partial charge in [0.15, 0.2) is 16.4 Å². The summed E-state index contributed by atoms with van der Waals surface area (Å²) in [7, 11) is -1.16. The Labute approximate surface area is 164 Å². The van der Waals surface area contributed by atoms with Crippen LogP contribution in [0.15, 0.2) is 18.5 Å². The van der Waals surface area contributed by atoms with Gasteiger partial charge in [0.25, 0.3) is 0 Å². The Hall–Kier alpha value is -2.06. The lowest BCUT2D eigenvalue weighted by atomic mass is 10.2. The van der Waals surface area contributed by atoms with Crippen LogP contribution in [0.2, 0.25) is 25.7 Å². The number of rotatable bonds is 8. The molecule has 0 radical (unpaired) electrons. The van der Waals surface area contributed by atoms with E-state index in [9.17, 15) is 4.79 Å². The average Bonchev–Trinajstić information content (AvgIpc) is 3.21. The molecule has 0 unspecified atom stereocenters. The van der Waals surface area contributed by atoms with Crippen molar-refractivity contribution in [1.29, 1.82) is 0 Å². The highest BCUT2D eigenvalue weighted by Gasteiger charge is 2.18. The van der Waals surface area contributed by atoms with Crippen molar-refractivity contribution >= 4 is 36.2 Å². The number of hydrogen-bond donors (Lipinski definition) is 0. The molecule has 3 rings (SSSR count). The van der Waals surface area contributed by atoms with Crippen LogP contribution >= 0.6 is 11.3 Å². The highest BCUT2D eigenvalue weighted by Crippen LogP contribution is 2.31. The molecular weight excluding hydrogens is 376 g/mol. The van der Waals surface area contributed by atoms with E-state index in [0.29, 0.717) is 23.9 Å². The molecule has 6 nitrogen and oxygen atoms in total. The smallest absolute Gasteiger partial charge is 0.191 e. The van der Waals surface area contributed by atoms with E-state index in [4.69, 9.17) is 4.84 Å². The topological polar surface area (TPSA) is 69.9 Å². The lowest BCUT2D eigenvalue weighted by Gasteiger charge is -2.16. The summed E-state index contributed by atoms with van der Waals surface area (Å²) in [6, 6.07) is 3.05. The molecular formula is C19H26N4O2SSi. The molecule has 0 saturated heterocycles. The summed E-state index contributed by atoms with van der Waals surface area (Å²) in [5.41, 5.74) is 1.56. The van der Waals surface area contributed by atoms with Crippen molar-refractivity contribution in [3.63, 3.8) is 0 Å². The predicted octanol–water partition coefficient (Wildman–Crippen LogP) is 4.61. The summed E-state index contributed by atoms with van der Waals surface area (Å²) in [6.07, 6.45) is 4.96. The summed E-state index contributed by atoms with van der Waals surface area (Å²) in [5, 5.41) is 1.45. The Morgan fingerprint density at radius 3 is 2.78 bits per heavy atom. The van der Waals surface area contributed by atoms with Crippen LogP contribution in [-0.2, 0) is 0 Å². The molecule has 0 aliphatic rings. The van der Waals surface area contributed by atoms with Crippen LogP contribution in [0.4, 0.5) is 0 Å². The number of ketones is 1. The summed E-state index contributed by atoms with van der Waals surface area (Å²) in [5.74, 6) is 0.754. The molecule has 0 atom stereocenters. The zero-order chi connectivity index (χ0) is 19.6. The van der Waals surface area contributed by atoms with E-state index in [1.54, 1.807) is 10.9 Å². The second-order valence-electron chi connectivity index (χ2n) is 7.84. The maximum Gasteiger partial charge on any atom is 0.191 e. The summed E-state index contributed by atoms with van der Waals surface area (Å²) in [6.45, 7) is 11.5. The van der Waals surface area contributed by atoms with Gasteiger partial charge in [0.2, 0.25) is 0 Å². The monoisotopic (exact) mass is 402 g/mol. The van der Waals surface area contributed by atoms with E-state index >= 15 is 0 Å². The lowest BCUT2D eigenvalue weighted by Crippen LogP contribution is -2.25. The SMILES string of the molecule is CCCC(=O)c1ncc(-c2nc(C)nc3c2ccn3OCC[Si](C)(C)C)s1. The Kier molecular flexibility index (Phi) is 5.76. The largest absolute Gasteiger partial charge is 0.413 e. The van der Waals surface area contributed by atoms with Crippen molar-refractivity contribution in [3.8, 4) is 10.6 Å². The van der Waals surface area contributed by atoms with Crippen molar-refractivity contribution in [1.82, 2.24) is 19.7 Å². The number of Topliss-reactive ketones (excluding diaryl/α,β-unsaturated/α-hetero) is 1. The molecule has 3 aromatic rings. The molecule has 0 aliphatic carbocycles. The Bertz CT molecular complexity index is 958. The highest BCUT2D eigenvalue weighted by atomic mass is 32.1. The van der Waals surface area contributed by atoms with Gasteiger partial charge in [0, 0.05) is 32.3 Å². The molecule has 0 aliphatic heterocycles. The number of carbonyl (C=O) groups is 1. The molecule has 0 aromatic carbocycles. The van der Waals surface area contributed by atoms with Crippen LogP contribution in [0.1, 0.15) is 35.4 Å². The van der Waals surface area contributed by atoms with Gasteiger partial charge in [-0.3, -0.25) is 4.79 Å². The summed E-state index contributed by atoms with van der Waals surface area (Å²) >= 11 is 1.39. The van der Waals surface area contributed by atoms with Crippen molar-refractivity contribution in [2.24, 2.45) is 0 Å². The van der Waals surface area contributed by atoms with Gasteiger partial charge >= 0.3 is 0 Å². The molecule has 27 heavy (non-hydrogen) atoms. The molecule has 144 valence electrons. The number of carbonyl (C=O) groups excluding carboxylic acids is 1. The zero-order valence-electron chi connectivity index (χ0n) is 16.6. The normalized spacial score (nSPS) is 11.9. The average molecular weight is 403 g/mol. The summed E-state index contributed by atoms with van der Waals surface area (Å²) in [4.78, 5) is 32.4. The van der Waals surface area contributed by atoms with E-state index in [1.165, 1.54) is 11.3 Å². The number of nitrogens with zero attached hydrogens (tertiary/aromatic N) is 4. The van der Waals surface area contributed by atoms with E-state index in [-0.39, 0.29) is 5.78 Å². The van der Waals surface area contributed by atoms with Crippen LogP contribution < -0.4 is 4.84 Å². The fourth-order valence-corrected chi connectivity index (χ4v) is 4.28. The van der Waals surface area contributed by atoms with Crippen molar-refractivity contribution in [3.05, 3.63) is 29.3 Å². The lowest BCUT2D eigenvalue weighted by molar-refractivity contribution is 0.0981. The first-order valence-corrected chi connectivity index (χ1v) is 13.8. The van der Waals surface area contributed by atoms with Crippen LogP contribution in [-0.4, -0.2) is 40.1 Å². The first kappa shape index (κ1) is 19.7. The predicted molar refractivity (Wildman–Crippen MR) is 112 cm³/mol. The van der Waals surface area contributed by atoms with Crippen molar-refractivity contribution in [2.75, 3.05) is 6.61 Å². The Balaban J connectivity index is 1.92. The van der Waals surface area contributed by atoms with Crippen LogP contribution in [0.25, 0.3) is 21.6 Å². The zero-order valence-corrected chi connectivity index (χ0v) is 18.4. The second kappa shape index (κ2) is 7.90. The standard InChI is InChI=1S/C19H26N4O2SSi/c1-6-7-15(24)19-20-12-16(26-19)17-14-8-9-23(18(14)22-13(2)21-17)25-10-11-27(3,4)5/h8-9,12H,6-7,10-11H2,1-5H3. The number of fused-ring (bicyclic) bond motifs is 1. The van der Waals surface area contributed by atoms with Gasteiger partial charge < -0.3 is 4.84 Å². The molecule has 0 amide bonds. The Morgan fingerprint density at radius 1 is 1.30 bits per heavy atom. The van der Waals surface area contributed by atoms with Gasteiger partial charge in [-0.2, -0.15) is 4.73 Å². The first-order valence-electron chi connectivity index (χ1n) is 9.27. The number of aryl methyl sites for hydroxylation is 1. The third-order valence-electron chi connectivity index (χ3n) is 4.16. The third kappa shape index (κ3) is 4.62. The molecule has 0 bridgehead atoms. The highest BCUT2D eigenvalue weighted by molar-refractivity contribution is 7.17. The van der Waals surface area contributed by atoms with Crippen LogP contribution in [0, 0.1) is 6.92 Å². The first-order chi connectivity index (χ1) is 12.8. The number of thiazole rings is 1. The molecule has 8 heteroatoms. The van der Waals surface area contributed by atoms with Gasteiger partial charge in [-0.05, 0) is 25.5 Å². The molecule has 3 aromatic heterocycles. The van der Waals surface area contributed by atoms with E-state index in [0.717, 1.165) is 34.1 Å². The molecule has 0 spiro atoms. The minimum Gasteiger partial charge on any atom is -0.413 e. The van der Waals surface area contributed by atoms with E-state index in [1.807, 2.05) is 26.1 Å². The van der Waals surface area contributed by atoms with Gasteiger partial charge in [-0.25, -0.2) is 15.0 Å². The van der Waals surface area contributed by atoms with E-state index in [2.05, 4.69) is 34.6 Å². The maximum absolute atomic E-state index is 12.1. The van der Waals surface area contributed by atoms with Crippen LogP contribution in [0.5, 0.6) is 0 Å². The number of hydrogen-bond acceptors (Lipinski definition) is 6. The fraction of sp³-hybridized carbons (Fsp3) is 0.474. The maximum atomic E-state index is 12.1. The minimum absolute atomic E-state index is 0.0861. The van der Waals surface area contributed by atoms with Gasteiger partial charge in [0.1, 0.15) is 12.4 Å². The molecule has 0 fully saturated rings. The molecule has 0 saturated carbocycles. The fourth-order valence-electron chi connectivity index (χ4n) is 2.69. The minimum atomic E-state index is -1.16. The van der Waals surface area contributed by atoms with Crippen molar-refractivity contribution < 1.29 is 9.63 Å². The quantitative estimate of drug-likeness (QED) is 0.406. The van der Waals surface area contributed by atoms with Crippen LogP contribution in [0.3, 0.4) is 0 Å². The molecule has 3 heterocycles. The summed E-state index contributed by atoms with van der Waals surface area (Å²) < 4.78 is 1.73. The Morgan fingerprint density at radius 2 is 2.07 bits per heavy atom. The van der Waals surface area contributed by atoms with Gasteiger partial charge in [-0.15, -0.1) is 11.3 Å².